The van der Waals surface area contributed by atoms with Gasteiger partial charge in [-0.25, -0.2) is 0 Å². The number of rotatable bonds is 6. The molecule has 0 bridgehead atoms. The quantitative estimate of drug-likeness (QED) is 0.766. The molecular weight excluding hydrogens is 332 g/mol. The average molecular weight is 356 g/mol. The van der Waals surface area contributed by atoms with Crippen molar-refractivity contribution in [3.63, 3.8) is 0 Å². The van der Waals surface area contributed by atoms with Gasteiger partial charge in [0, 0.05) is 5.56 Å². The summed E-state index contributed by atoms with van der Waals surface area (Å²) in [5.74, 6) is 0.967. The normalized spacial score (nSPS) is 11.7. The molecule has 0 aromatic heterocycles. The average Bonchev–Trinajstić information content (AvgIpc) is 2.61. The summed E-state index contributed by atoms with van der Waals surface area (Å²) >= 11 is 5.23. The summed E-state index contributed by atoms with van der Waals surface area (Å²) < 4.78 is 5.62. The fourth-order valence-corrected chi connectivity index (χ4v) is 2.47. The molecule has 2 rings (SSSR count). The smallest absolute Gasteiger partial charge is 0.257 e. The molecule has 1 atom stereocenters. The van der Waals surface area contributed by atoms with Crippen LogP contribution in [0.4, 0.5) is 0 Å². The van der Waals surface area contributed by atoms with Crippen molar-refractivity contribution in [2.45, 2.75) is 26.8 Å². The van der Waals surface area contributed by atoms with Gasteiger partial charge in [-0.3, -0.25) is 10.1 Å². The molecule has 0 aliphatic heterocycles. The Morgan fingerprint density at radius 1 is 1.04 bits per heavy atom. The highest BCUT2D eigenvalue weighted by Gasteiger charge is 2.11. The van der Waals surface area contributed by atoms with Crippen LogP contribution < -0.4 is 15.4 Å². The third kappa shape index (κ3) is 6.19. The van der Waals surface area contributed by atoms with Crippen molar-refractivity contribution in [2.75, 3.05) is 6.61 Å². The lowest BCUT2D eigenvalue weighted by molar-refractivity contribution is 0.0976. The fraction of sp³-hybridized carbons (Fsp3) is 0.300. The van der Waals surface area contributed by atoms with E-state index in [1.807, 2.05) is 37.3 Å². The molecule has 5 heteroatoms. The highest BCUT2D eigenvalue weighted by Crippen LogP contribution is 2.14. The Hall–Kier alpha value is -2.40. The first kappa shape index (κ1) is 18.9. The zero-order chi connectivity index (χ0) is 18.2. The molecular formula is C20H24N2O2S. The summed E-state index contributed by atoms with van der Waals surface area (Å²) in [6.45, 7) is 6.82. The number of amides is 1. The van der Waals surface area contributed by atoms with E-state index in [-0.39, 0.29) is 11.9 Å². The van der Waals surface area contributed by atoms with Crippen LogP contribution in [0.5, 0.6) is 5.75 Å². The number of ether oxygens (including phenoxy) is 1. The monoisotopic (exact) mass is 356 g/mol. The Labute approximate surface area is 154 Å². The second kappa shape index (κ2) is 9.18. The maximum absolute atomic E-state index is 12.3. The summed E-state index contributed by atoms with van der Waals surface area (Å²) in [7, 11) is 0. The van der Waals surface area contributed by atoms with Gasteiger partial charge in [-0.05, 0) is 54.9 Å². The van der Waals surface area contributed by atoms with Crippen molar-refractivity contribution < 1.29 is 9.53 Å². The van der Waals surface area contributed by atoms with Gasteiger partial charge in [0.25, 0.3) is 5.91 Å². The number of nitrogens with one attached hydrogen (secondary N) is 2. The number of hydrogen-bond donors (Lipinski definition) is 2. The minimum atomic E-state index is -0.242. The minimum absolute atomic E-state index is 0.0146. The summed E-state index contributed by atoms with van der Waals surface area (Å²) in [6, 6.07) is 17.0. The Kier molecular flexibility index (Phi) is 6.95. The largest absolute Gasteiger partial charge is 0.493 e. The van der Waals surface area contributed by atoms with E-state index in [4.69, 9.17) is 17.0 Å². The van der Waals surface area contributed by atoms with Gasteiger partial charge in [0.2, 0.25) is 0 Å². The molecule has 0 unspecified atom stereocenters. The maximum atomic E-state index is 12.3. The van der Waals surface area contributed by atoms with Crippen molar-refractivity contribution in [2.24, 2.45) is 5.92 Å². The van der Waals surface area contributed by atoms with Crippen LogP contribution in [0.25, 0.3) is 0 Å². The minimum Gasteiger partial charge on any atom is -0.493 e. The highest BCUT2D eigenvalue weighted by atomic mass is 32.1. The Balaban J connectivity index is 1.87. The number of benzene rings is 2. The van der Waals surface area contributed by atoms with Gasteiger partial charge in [0.1, 0.15) is 5.75 Å². The third-order valence-electron chi connectivity index (χ3n) is 3.57. The summed E-state index contributed by atoms with van der Waals surface area (Å²) in [6.07, 6.45) is 0. The molecule has 0 aliphatic rings. The number of thiocarbonyl (C=S) groups is 1. The molecule has 2 aromatic rings. The molecule has 0 radical (unpaired) electrons. The predicted molar refractivity (Wildman–Crippen MR) is 105 cm³/mol. The van der Waals surface area contributed by atoms with E-state index >= 15 is 0 Å². The number of carbonyl (C=O) groups excluding carboxylic acids is 1. The van der Waals surface area contributed by atoms with E-state index in [9.17, 15) is 4.79 Å². The lowest BCUT2D eigenvalue weighted by Crippen LogP contribution is -2.40. The van der Waals surface area contributed by atoms with Crippen molar-refractivity contribution in [1.82, 2.24) is 10.6 Å². The fourth-order valence-electron chi connectivity index (χ4n) is 2.20. The van der Waals surface area contributed by atoms with E-state index in [2.05, 4.69) is 24.5 Å². The Bertz CT molecular complexity index is 699. The lowest BCUT2D eigenvalue weighted by Gasteiger charge is -2.16. The molecule has 0 heterocycles. The first-order valence-electron chi connectivity index (χ1n) is 8.35. The second-order valence-corrected chi connectivity index (χ2v) is 6.70. The van der Waals surface area contributed by atoms with Gasteiger partial charge in [0.05, 0.1) is 12.6 Å². The first-order valence-corrected chi connectivity index (χ1v) is 8.76. The van der Waals surface area contributed by atoms with Gasteiger partial charge >= 0.3 is 0 Å². The predicted octanol–water partition coefficient (Wildman–Crippen LogP) is 4.09. The van der Waals surface area contributed by atoms with Gasteiger partial charge in [0.15, 0.2) is 5.11 Å². The van der Waals surface area contributed by atoms with Crippen molar-refractivity contribution >= 4 is 23.2 Å². The van der Waals surface area contributed by atoms with Crippen LogP contribution in [0.15, 0.2) is 54.6 Å². The summed E-state index contributed by atoms with van der Waals surface area (Å²) in [5.41, 5.74) is 1.64. The van der Waals surface area contributed by atoms with Gasteiger partial charge in [-0.2, -0.15) is 0 Å². The first-order chi connectivity index (χ1) is 12.0. The molecule has 2 aromatic carbocycles. The Morgan fingerprint density at radius 2 is 1.68 bits per heavy atom. The molecule has 0 spiro atoms. The SMILES string of the molecule is CC(C)COc1ccc(C(=O)NC(=S)N[C@H](C)c2ccccc2)cc1. The molecule has 132 valence electrons. The number of hydrogen-bond acceptors (Lipinski definition) is 3. The third-order valence-corrected chi connectivity index (χ3v) is 3.79. The van der Waals surface area contributed by atoms with Crippen LogP contribution in [0.2, 0.25) is 0 Å². The zero-order valence-corrected chi connectivity index (χ0v) is 15.6. The van der Waals surface area contributed by atoms with E-state index in [1.165, 1.54) is 0 Å². The molecule has 0 fully saturated rings. The van der Waals surface area contributed by atoms with E-state index in [0.717, 1.165) is 11.3 Å². The highest BCUT2D eigenvalue weighted by molar-refractivity contribution is 7.80. The molecule has 0 saturated heterocycles. The maximum Gasteiger partial charge on any atom is 0.257 e. The van der Waals surface area contributed by atoms with E-state index in [0.29, 0.717) is 23.2 Å². The van der Waals surface area contributed by atoms with Crippen molar-refractivity contribution in [1.29, 1.82) is 0 Å². The van der Waals surface area contributed by atoms with Gasteiger partial charge in [-0.15, -0.1) is 0 Å². The van der Waals surface area contributed by atoms with Crippen LogP contribution in [0, 0.1) is 5.92 Å². The standard InChI is InChI=1S/C20H24N2O2S/c1-14(2)13-24-18-11-9-17(10-12-18)19(23)22-20(25)21-15(3)16-7-5-4-6-8-16/h4-12,14-15H,13H2,1-3H3,(H2,21,22,23,25)/t15-/m1/s1. The molecule has 2 N–H and O–H groups in total. The molecule has 4 nitrogen and oxygen atoms in total. The van der Waals surface area contributed by atoms with Crippen LogP contribution in [-0.2, 0) is 0 Å². The zero-order valence-electron chi connectivity index (χ0n) is 14.8. The Morgan fingerprint density at radius 3 is 2.28 bits per heavy atom. The van der Waals surface area contributed by atoms with E-state index < -0.39 is 0 Å². The lowest BCUT2D eigenvalue weighted by atomic mass is 10.1. The molecule has 0 aliphatic carbocycles. The second-order valence-electron chi connectivity index (χ2n) is 6.29. The topological polar surface area (TPSA) is 50.4 Å². The van der Waals surface area contributed by atoms with Gasteiger partial charge in [-0.1, -0.05) is 44.2 Å². The summed E-state index contributed by atoms with van der Waals surface area (Å²) in [4.78, 5) is 12.3. The van der Waals surface area contributed by atoms with Crippen LogP contribution in [-0.4, -0.2) is 17.6 Å². The molecule has 0 saturated carbocycles. The molecule has 1 amide bonds. The van der Waals surface area contributed by atoms with Crippen LogP contribution in [0.1, 0.15) is 42.7 Å². The van der Waals surface area contributed by atoms with Gasteiger partial charge < -0.3 is 10.1 Å². The van der Waals surface area contributed by atoms with Crippen molar-refractivity contribution in [3.8, 4) is 5.75 Å². The van der Waals surface area contributed by atoms with Crippen LogP contribution in [0.3, 0.4) is 0 Å². The molecule has 25 heavy (non-hydrogen) atoms. The number of carbonyl (C=O) groups is 1. The van der Waals surface area contributed by atoms with Crippen molar-refractivity contribution in [3.05, 3.63) is 65.7 Å². The van der Waals surface area contributed by atoms with Crippen LogP contribution >= 0.6 is 12.2 Å². The van der Waals surface area contributed by atoms with E-state index in [1.54, 1.807) is 24.3 Å². The summed E-state index contributed by atoms with van der Waals surface area (Å²) in [5, 5.41) is 6.13.